The van der Waals surface area contributed by atoms with E-state index in [-0.39, 0.29) is 0 Å². The summed E-state index contributed by atoms with van der Waals surface area (Å²) >= 11 is 0. The van der Waals surface area contributed by atoms with Gasteiger partial charge in [0.15, 0.2) is 23.1 Å². The van der Waals surface area contributed by atoms with Crippen LogP contribution in [0.3, 0.4) is 0 Å². The van der Waals surface area contributed by atoms with Crippen molar-refractivity contribution in [3.63, 3.8) is 0 Å². The largest absolute Gasteiger partial charge is 0.505 e. The van der Waals surface area contributed by atoms with Gasteiger partial charge in [0.2, 0.25) is 0 Å². The standard InChI is InChI=1S/C12H16FNO3/c13-11-8(3-1-2-4-14)12-10(7-9(11)15)16-5-6-17-12/h7,15H,1-6,14H2. The van der Waals surface area contributed by atoms with Crippen LogP contribution in [0.2, 0.25) is 0 Å². The highest BCUT2D eigenvalue weighted by Crippen LogP contribution is 2.40. The van der Waals surface area contributed by atoms with Crippen LogP contribution in [0.5, 0.6) is 17.2 Å². The first-order chi connectivity index (χ1) is 8.24. The highest BCUT2D eigenvalue weighted by Gasteiger charge is 2.22. The molecular weight excluding hydrogens is 225 g/mol. The van der Waals surface area contributed by atoms with E-state index in [1.165, 1.54) is 6.07 Å². The Morgan fingerprint density at radius 1 is 1.29 bits per heavy atom. The summed E-state index contributed by atoms with van der Waals surface area (Å²) in [6, 6.07) is 1.26. The Morgan fingerprint density at radius 2 is 2.06 bits per heavy atom. The molecular formula is C12H16FNO3. The van der Waals surface area contributed by atoms with E-state index in [1.807, 2.05) is 0 Å². The molecule has 1 aromatic carbocycles. The monoisotopic (exact) mass is 241 g/mol. The number of hydrogen-bond donors (Lipinski definition) is 2. The highest BCUT2D eigenvalue weighted by atomic mass is 19.1. The quantitative estimate of drug-likeness (QED) is 0.785. The number of phenols is 1. The minimum Gasteiger partial charge on any atom is -0.505 e. The second kappa shape index (κ2) is 5.23. The van der Waals surface area contributed by atoms with E-state index in [0.717, 1.165) is 12.8 Å². The molecule has 0 spiro atoms. The van der Waals surface area contributed by atoms with Crippen molar-refractivity contribution in [1.82, 2.24) is 0 Å². The third kappa shape index (κ3) is 2.44. The Kier molecular flexibility index (Phi) is 3.68. The van der Waals surface area contributed by atoms with Crippen molar-refractivity contribution in [2.24, 2.45) is 5.73 Å². The molecule has 0 saturated carbocycles. The Hall–Kier alpha value is -1.49. The Morgan fingerprint density at radius 3 is 2.82 bits per heavy atom. The number of benzene rings is 1. The molecule has 0 aliphatic carbocycles. The zero-order valence-corrected chi connectivity index (χ0v) is 9.54. The summed E-state index contributed by atoms with van der Waals surface area (Å²) in [5.41, 5.74) is 5.78. The first-order valence-electron chi connectivity index (χ1n) is 5.74. The van der Waals surface area contributed by atoms with Gasteiger partial charge in [0.1, 0.15) is 13.2 Å². The molecule has 0 unspecified atom stereocenters. The van der Waals surface area contributed by atoms with Crippen LogP contribution in [-0.2, 0) is 6.42 Å². The van der Waals surface area contributed by atoms with Crippen molar-refractivity contribution in [2.75, 3.05) is 19.8 Å². The summed E-state index contributed by atoms with van der Waals surface area (Å²) in [7, 11) is 0. The van der Waals surface area contributed by atoms with Crippen molar-refractivity contribution in [2.45, 2.75) is 19.3 Å². The summed E-state index contributed by atoms with van der Waals surface area (Å²) < 4.78 is 24.5. The van der Waals surface area contributed by atoms with Gasteiger partial charge in [0.25, 0.3) is 0 Å². The maximum atomic E-state index is 13.8. The number of ether oxygens (including phenoxy) is 2. The van der Waals surface area contributed by atoms with Crippen LogP contribution in [0, 0.1) is 5.82 Å². The molecule has 0 radical (unpaired) electrons. The maximum absolute atomic E-state index is 13.8. The molecule has 0 aromatic heterocycles. The van der Waals surface area contributed by atoms with E-state index < -0.39 is 11.6 Å². The lowest BCUT2D eigenvalue weighted by Crippen LogP contribution is -2.17. The van der Waals surface area contributed by atoms with E-state index in [1.54, 1.807) is 0 Å². The van der Waals surface area contributed by atoms with E-state index >= 15 is 0 Å². The molecule has 0 saturated heterocycles. The summed E-state index contributed by atoms with van der Waals surface area (Å²) in [4.78, 5) is 0. The lowest BCUT2D eigenvalue weighted by atomic mass is 10.0. The molecule has 1 heterocycles. The van der Waals surface area contributed by atoms with Crippen molar-refractivity contribution in [3.8, 4) is 17.2 Å². The van der Waals surface area contributed by atoms with Gasteiger partial charge < -0.3 is 20.3 Å². The first kappa shape index (κ1) is 12.0. The van der Waals surface area contributed by atoms with Gasteiger partial charge >= 0.3 is 0 Å². The second-order valence-corrected chi connectivity index (χ2v) is 3.96. The van der Waals surface area contributed by atoms with E-state index in [0.29, 0.717) is 43.2 Å². The molecule has 5 heteroatoms. The lowest BCUT2D eigenvalue weighted by Gasteiger charge is -2.22. The molecule has 0 bridgehead atoms. The number of halogens is 1. The van der Waals surface area contributed by atoms with Crippen molar-refractivity contribution < 1.29 is 19.0 Å². The summed E-state index contributed by atoms with van der Waals surface area (Å²) in [5, 5.41) is 9.48. The summed E-state index contributed by atoms with van der Waals surface area (Å²) in [6.45, 7) is 1.39. The number of rotatable bonds is 4. The molecule has 0 atom stereocenters. The van der Waals surface area contributed by atoms with Crippen LogP contribution in [0.4, 0.5) is 4.39 Å². The average Bonchev–Trinajstić information content (AvgIpc) is 2.34. The molecule has 1 aliphatic rings. The Labute approximate surface area is 99.1 Å². The number of phenolic OH excluding ortho intramolecular Hbond substituents is 1. The van der Waals surface area contributed by atoms with Crippen molar-refractivity contribution in [1.29, 1.82) is 0 Å². The normalized spacial score (nSPS) is 13.8. The highest BCUT2D eigenvalue weighted by molar-refractivity contribution is 5.53. The minimum atomic E-state index is -0.619. The van der Waals surface area contributed by atoms with Crippen LogP contribution < -0.4 is 15.2 Å². The topological polar surface area (TPSA) is 64.7 Å². The van der Waals surface area contributed by atoms with E-state index in [2.05, 4.69) is 0 Å². The molecule has 94 valence electrons. The van der Waals surface area contributed by atoms with Crippen LogP contribution in [-0.4, -0.2) is 24.9 Å². The zero-order chi connectivity index (χ0) is 12.3. The minimum absolute atomic E-state index is 0.383. The third-order valence-corrected chi connectivity index (χ3v) is 2.72. The number of fused-ring (bicyclic) bond motifs is 1. The fraction of sp³-hybridized carbons (Fsp3) is 0.500. The Bertz CT molecular complexity index is 409. The van der Waals surface area contributed by atoms with Crippen LogP contribution >= 0.6 is 0 Å². The lowest BCUT2D eigenvalue weighted by molar-refractivity contribution is 0.167. The molecule has 0 amide bonds. The summed E-state index contributed by atoms with van der Waals surface area (Å²) in [5.74, 6) is -0.176. The fourth-order valence-electron chi connectivity index (χ4n) is 1.89. The van der Waals surface area contributed by atoms with E-state index in [9.17, 15) is 9.50 Å². The van der Waals surface area contributed by atoms with Gasteiger partial charge in [-0.15, -0.1) is 0 Å². The molecule has 17 heavy (non-hydrogen) atoms. The predicted molar refractivity (Wildman–Crippen MR) is 61.0 cm³/mol. The van der Waals surface area contributed by atoms with Gasteiger partial charge in [-0.1, -0.05) is 0 Å². The van der Waals surface area contributed by atoms with Crippen LogP contribution in [0.1, 0.15) is 18.4 Å². The SMILES string of the molecule is NCCCCc1c(F)c(O)cc2c1OCCO2. The van der Waals surface area contributed by atoms with E-state index in [4.69, 9.17) is 15.2 Å². The number of unbranched alkanes of at least 4 members (excludes halogenated alkanes) is 1. The van der Waals surface area contributed by atoms with Crippen LogP contribution in [0.15, 0.2) is 6.07 Å². The molecule has 1 aliphatic heterocycles. The predicted octanol–water partition coefficient (Wildman–Crippen LogP) is 1.58. The fourth-order valence-corrected chi connectivity index (χ4v) is 1.89. The smallest absolute Gasteiger partial charge is 0.171 e. The number of hydrogen-bond acceptors (Lipinski definition) is 4. The average molecular weight is 241 g/mol. The molecule has 1 aromatic rings. The van der Waals surface area contributed by atoms with Gasteiger partial charge in [-0.25, -0.2) is 4.39 Å². The molecule has 3 N–H and O–H groups in total. The Balaban J connectivity index is 2.30. The first-order valence-corrected chi connectivity index (χ1v) is 5.74. The number of nitrogens with two attached hydrogens (primary N) is 1. The third-order valence-electron chi connectivity index (χ3n) is 2.72. The maximum Gasteiger partial charge on any atom is 0.171 e. The van der Waals surface area contributed by atoms with Gasteiger partial charge in [-0.3, -0.25) is 0 Å². The van der Waals surface area contributed by atoms with Crippen molar-refractivity contribution in [3.05, 3.63) is 17.4 Å². The number of aromatic hydroxyl groups is 1. The molecule has 0 fully saturated rings. The molecule has 4 nitrogen and oxygen atoms in total. The van der Waals surface area contributed by atoms with Gasteiger partial charge in [-0.05, 0) is 25.8 Å². The second-order valence-electron chi connectivity index (χ2n) is 3.96. The molecule has 2 rings (SSSR count). The van der Waals surface area contributed by atoms with Crippen LogP contribution in [0.25, 0.3) is 0 Å². The van der Waals surface area contributed by atoms with Gasteiger partial charge in [-0.2, -0.15) is 0 Å². The van der Waals surface area contributed by atoms with Crippen molar-refractivity contribution >= 4 is 0 Å². The zero-order valence-electron chi connectivity index (χ0n) is 9.54. The van der Waals surface area contributed by atoms with Gasteiger partial charge in [0.05, 0.1) is 0 Å². The van der Waals surface area contributed by atoms with Gasteiger partial charge in [0, 0.05) is 11.6 Å². The summed E-state index contributed by atoms with van der Waals surface area (Å²) in [6.07, 6.45) is 2.06.